The first-order chi connectivity index (χ1) is 5.95. The number of anilines is 2. The maximum absolute atomic E-state index is 11.2. The van der Waals surface area contributed by atoms with Crippen LogP contribution in [0.5, 0.6) is 0 Å². The lowest BCUT2D eigenvalue weighted by Crippen LogP contribution is -2.34. The molecule has 1 rings (SSSR count). The Labute approximate surface area is 74.2 Å². The molecule has 6 heteroatoms. The van der Waals surface area contributed by atoms with Crippen molar-refractivity contribution >= 4 is 11.5 Å². The molecule has 6 nitrogen and oxygen atoms in total. The molecule has 0 aromatic carbocycles. The van der Waals surface area contributed by atoms with Crippen LogP contribution in [0.1, 0.15) is 19.9 Å². The van der Waals surface area contributed by atoms with Gasteiger partial charge in [-0.05, 0) is 13.8 Å². The molecular formula is C7H12N4O2. The van der Waals surface area contributed by atoms with E-state index in [9.17, 15) is 9.59 Å². The van der Waals surface area contributed by atoms with E-state index in [2.05, 4.69) is 4.98 Å². The fraction of sp³-hybridized carbons (Fsp3) is 0.429. The highest BCUT2D eigenvalue weighted by atomic mass is 16.2. The number of nitrogens with one attached hydrogen (secondary N) is 1. The van der Waals surface area contributed by atoms with Gasteiger partial charge in [-0.3, -0.25) is 14.3 Å². The van der Waals surface area contributed by atoms with Crippen molar-refractivity contribution < 1.29 is 0 Å². The van der Waals surface area contributed by atoms with E-state index in [0.29, 0.717) is 0 Å². The first kappa shape index (κ1) is 9.37. The third-order valence-electron chi connectivity index (χ3n) is 1.74. The van der Waals surface area contributed by atoms with Crippen LogP contribution in [0, 0.1) is 0 Å². The van der Waals surface area contributed by atoms with E-state index in [1.807, 2.05) is 0 Å². The predicted octanol–water partition coefficient (Wildman–Crippen LogP) is -0.718. The summed E-state index contributed by atoms with van der Waals surface area (Å²) in [5.41, 5.74) is 9.57. The van der Waals surface area contributed by atoms with Crippen molar-refractivity contribution in [1.29, 1.82) is 0 Å². The summed E-state index contributed by atoms with van der Waals surface area (Å²) < 4.78 is 1.23. The lowest BCUT2D eigenvalue weighted by Gasteiger charge is -2.13. The van der Waals surface area contributed by atoms with Gasteiger partial charge in [0.15, 0.2) is 0 Å². The molecule has 0 spiro atoms. The van der Waals surface area contributed by atoms with E-state index in [1.54, 1.807) is 13.8 Å². The molecule has 0 atom stereocenters. The summed E-state index contributed by atoms with van der Waals surface area (Å²) in [6.45, 7) is 3.55. The number of hydrogen-bond donors (Lipinski definition) is 3. The molecule has 0 aliphatic rings. The second-order valence-corrected chi connectivity index (χ2v) is 3.02. The summed E-state index contributed by atoms with van der Waals surface area (Å²) in [6.07, 6.45) is 0. The van der Waals surface area contributed by atoms with Crippen LogP contribution in [-0.4, -0.2) is 9.55 Å². The van der Waals surface area contributed by atoms with Crippen LogP contribution in [0.2, 0.25) is 0 Å². The maximum atomic E-state index is 11.2. The number of nitrogens with zero attached hydrogens (tertiary/aromatic N) is 1. The summed E-state index contributed by atoms with van der Waals surface area (Å²) >= 11 is 0. The molecule has 0 amide bonds. The number of aromatic amines is 1. The lowest BCUT2D eigenvalue weighted by atomic mass is 10.3. The molecule has 1 heterocycles. The molecule has 1 aromatic heterocycles. The fourth-order valence-electron chi connectivity index (χ4n) is 1.09. The summed E-state index contributed by atoms with van der Waals surface area (Å²) in [5, 5.41) is 0. The summed E-state index contributed by atoms with van der Waals surface area (Å²) in [4.78, 5) is 24.3. The molecule has 0 aliphatic heterocycles. The van der Waals surface area contributed by atoms with E-state index in [1.165, 1.54) is 4.57 Å². The first-order valence-corrected chi connectivity index (χ1v) is 3.85. The molecular weight excluding hydrogens is 172 g/mol. The minimum Gasteiger partial charge on any atom is -0.391 e. The summed E-state index contributed by atoms with van der Waals surface area (Å²) in [7, 11) is 0. The first-order valence-electron chi connectivity index (χ1n) is 3.85. The Morgan fingerprint density at radius 3 is 2.31 bits per heavy atom. The number of aromatic nitrogens is 2. The molecule has 72 valence electrons. The van der Waals surface area contributed by atoms with Crippen LogP contribution in [0.15, 0.2) is 9.59 Å². The smallest absolute Gasteiger partial charge is 0.330 e. The van der Waals surface area contributed by atoms with Gasteiger partial charge in [0, 0.05) is 6.04 Å². The largest absolute Gasteiger partial charge is 0.391 e. The molecule has 1 aromatic rings. The molecule has 0 bridgehead atoms. The number of hydrogen-bond acceptors (Lipinski definition) is 4. The quantitative estimate of drug-likeness (QED) is 0.535. The van der Waals surface area contributed by atoms with Crippen LogP contribution in [0.3, 0.4) is 0 Å². The summed E-state index contributed by atoms with van der Waals surface area (Å²) in [6, 6.07) is -0.133. The van der Waals surface area contributed by atoms with Crippen molar-refractivity contribution in [1.82, 2.24) is 9.55 Å². The number of H-pyrrole nitrogens is 1. The van der Waals surface area contributed by atoms with Gasteiger partial charge < -0.3 is 11.5 Å². The highest BCUT2D eigenvalue weighted by molar-refractivity contribution is 5.56. The van der Waals surface area contributed by atoms with Gasteiger partial charge in [0.1, 0.15) is 11.5 Å². The lowest BCUT2D eigenvalue weighted by molar-refractivity contribution is 0.572. The van der Waals surface area contributed by atoms with Crippen molar-refractivity contribution in [3.05, 3.63) is 20.8 Å². The van der Waals surface area contributed by atoms with Crippen LogP contribution in [-0.2, 0) is 0 Å². The van der Waals surface area contributed by atoms with Crippen LogP contribution in [0.4, 0.5) is 11.5 Å². The van der Waals surface area contributed by atoms with Gasteiger partial charge in [-0.1, -0.05) is 0 Å². The zero-order valence-electron chi connectivity index (χ0n) is 7.50. The second-order valence-electron chi connectivity index (χ2n) is 3.02. The Kier molecular flexibility index (Phi) is 2.14. The normalized spacial score (nSPS) is 10.7. The van der Waals surface area contributed by atoms with Gasteiger partial charge >= 0.3 is 5.69 Å². The Hall–Kier alpha value is -1.72. The SMILES string of the molecule is CC(C)n1c(N)c(N)c(=O)[nH]c1=O. The van der Waals surface area contributed by atoms with Gasteiger partial charge in [-0.25, -0.2) is 4.79 Å². The molecule has 0 aliphatic carbocycles. The Bertz CT molecular complexity index is 429. The predicted molar refractivity (Wildman–Crippen MR) is 50.5 cm³/mol. The van der Waals surface area contributed by atoms with Crippen molar-refractivity contribution in [3.63, 3.8) is 0 Å². The molecule has 0 saturated heterocycles. The number of nitrogens with two attached hydrogens (primary N) is 2. The van der Waals surface area contributed by atoms with Crippen LogP contribution < -0.4 is 22.7 Å². The van der Waals surface area contributed by atoms with Gasteiger partial charge in [0.25, 0.3) is 5.56 Å². The van der Waals surface area contributed by atoms with Crippen molar-refractivity contribution in [2.24, 2.45) is 0 Å². The fourth-order valence-corrected chi connectivity index (χ4v) is 1.09. The Balaban J connectivity index is 3.63. The van der Waals surface area contributed by atoms with Gasteiger partial charge in [0.2, 0.25) is 0 Å². The molecule has 5 N–H and O–H groups in total. The number of rotatable bonds is 1. The summed E-state index contributed by atoms with van der Waals surface area (Å²) in [5.74, 6) is 0.0174. The second kappa shape index (κ2) is 2.96. The average molecular weight is 184 g/mol. The topological polar surface area (TPSA) is 107 Å². The highest BCUT2D eigenvalue weighted by Crippen LogP contribution is 2.10. The van der Waals surface area contributed by atoms with Crippen LogP contribution in [0.25, 0.3) is 0 Å². The maximum Gasteiger partial charge on any atom is 0.330 e. The average Bonchev–Trinajstić information content (AvgIpc) is 1.99. The van der Waals surface area contributed by atoms with E-state index < -0.39 is 11.2 Å². The number of nitrogen functional groups attached to an aromatic ring is 2. The third kappa shape index (κ3) is 1.42. The van der Waals surface area contributed by atoms with Crippen molar-refractivity contribution in [2.45, 2.75) is 19.9 Å². The molecule has 0 unspecified atom stereocenters. The molecule has 0 fully saturated rings. The molecule has 0 radical (unpaired) electrons. The third-order valence-corrected chi connectivity index (χ3v) is 1.74. The van der Waals surface area contributed by atoms with Gasteiger partial charge in [-0.2, -0.15) is 0 Å². The standard InChI is InChI=1S/C7H12N4O2/c1-3(2)11-5(9)4(8)6(12)10-7(11)13/h3H,8-9H2,1-2H3,(H,10,12,13). The zero-order chi connectivity index (χ0) is 10.2. The monoisotopic (exact) mass is 184 g/mol. The van der Waals surface area contributed by atoms with E-state index >= 15 is 0 Å². The van der Waals surface area contributed by atoms with Crippen molar-refractivity contribution in [3.8, 4) is 0 Å². The van der Waals surface area contributed by atoms with Gasteiger partial charge in [-0.15, -0.1) is 0 Å². The van der Waals surface area contributed by atoms with Crippen molar-refractivity contribution in [2.75, 3.05) is 11.5 Å². The van der Waals surface area contributed by atoms with Gasteiger partial charge in [0.05, 0.1) is 0 Å². The molecule has 13 heavy (non-hydrogen) atoms. The van der Waals surface area contributed by atoms with E-state index in [-0.39, 0.29) is 17.5 Å². The zero-order valence-corrected chi connectivity index (χ0v) is 7.50. The Morgan fingerprint density at radius 1 is 1.31 bits per heavy atom. The van der Waals surface area contributed by atoms with E-state index in [0.717, 1.165) is 0 Å². The minimum absolute atomic E-state index is 0.0174. The minimum atomic E-state index is -0.639. The van der Waals surface area contributed by atoms with E-state index in [4.69, 9.17) is 11.5 Å². The Morgan fingerprint density at radius 2 is 1.85 bits per heavy atom. The highest BCUT2D eigenvalue weighted by Gasteiger charge is 2.10. The molecule has 0 saturated carbocycles. The van der Waals surface area contributed by atoms with Crippen LogP contribution >= 0.6 is 0 Å².